The van der Waals surface area contributed by atoms with Crippen LogP contribution in [0, 0.1) is 0 Å². The predicted octanol–water partition coefficient (Wildman–Crippen LogP) is 3.92. The molecule has 3 aliphatic rings. The lowest BCUT2D eigenvalue weighted by Gasteiger charge is -2.33. The Morgan fingerprint density at radius 3 is 2.33 bits per heavy atom. The molecule has 0 unspecified atom stereocenters. The van der Waals surface area contributed by atoms with Crippen molar-refractivity contribution in [2.45, 2.75) is 62.6 Å². The average Bonchev–Trinajstić information content (AvgIpc) is 3.41. The van der Waals surface area contributed by atoms with Crippen LogP contribution in [0.15, 0.2) is 30.5 Å². The van der Waals surface area contributed by atoms with Gasteiger partial charge in [-0.3, -0.25) is 14.3 Å². The second kappa shape index (κ2) is 9.88. The van der Waals surface area contributed by atoms with Gasteiger partial charge in [-0.1, -0.05) is 18.2 Å². The van der Waals surface area contributed by atoms with Crippen LogP contribution in [0.1, 0.15) is 83.6 Å². The van der Waals surface area contributed by atoms with Gasteiger partial charge in [-0.25, -0.2) is 0 Å². The molecule has 3 heterocycles. The van der Waals surface area contributed by atoms with Gasteiger partial charge in [0.15, 0.2) is 0 Å². The molecule has 1 aliphatic carbocycles. The SMILES string of the molecule is NCCC(=O)N1CCC(n2ncc(C(=O)N3CC[C@@H](c4ccccc4C(F)(F)F)C3)c2C2CC2)CC1. The molecular formula is C26H32F3N5O2. The number of hydrogen-bond donors (Lipinski definition) is 1. The molecule has 3 fully saturated rings. The van der Waals surface area contributed by atoms with Gasteiger partial charge in [0.25, 0.3) is 5.91 Å². The zero-order chi connectivity index (χ0) is 25.4. The van der Waals surface area contributed by atoms with E-state index in [4.69, 9.17) is 5.73 Å². The first kappa shape index (κ1) is 24.8. The second-order valence-corrected chi connectivity index (χ2v) is 10.1. The summed E-state index contributed by atoms with van der Waals surface area (Å²) in [6.45, 7) is 2.32. The summed E-state index contributed by atoms with van der Waals surface area (Å²) in [6, 6.07) is 5.79. The molecule has 2 aliphatic heterocycles. The quantitative estimate of drug-likeness (QED) is 0.648. The highest BCUT2D eigenvalue weighted by Crippen LogP contribution is 2.44. The predicted molar refractivity (Wildman–Crippen MR) is 127 cm³/mol. The normalized spacial score (nSPS) is 21.3. The van der Waals surface area contributed by atoms with Crippen molar-refractivity contribution in [1.29, 1.82) is 0 Å². The lowest BCUT2D eigenvalue weighted by Crippen LogP contribution is -2.40. The van der Waals surface area contributed by atoms with Crippen molar-refractivity contribution in [2.75, 3.05) is 32.7 Å². The number of hydrogen-bond acceptors (Lipinski definition) is 4. The number of amides is 2. The molecule has 194 valence electrons. The van der Waals surface area contributed by atoms with E-state index in [0.29, 0.717) is 44.6 Å². The van der Waals surface area contributed by atoms with Crippen molar-refractivity contribution in [3.63, 3.8) is 0 Å². The van der Waals surface area contributed by atoms with Gasteiger partial charge in [-0.2, -0.15) is 18.3 Å². The minimum atomic E-state index is -4.42. The monoisotopic (exact) mass is 503 g/mol. The van der Waals surface area contributed by atoms with Crippen LogP contribution >= 0.6 is 0 Å². The Hall–Kier alpha value is -2.88. The topological polar surface area (TPSA) is 84.5 Å². The first-order valence-electron chi connectivity index (χ1n) is 12.8. The third-order valence-corrected chi connectivity index (χ3v) is 7.73. The molecule has 2 amide bonds. The van der Waals surface area contributed by atoms with Crippen molar-refractivity contribution < 1.29 is 22.8 Å². The van der Waals surface area contributed by atoms with E-state index in [1.807, 2.05) is 9.58 Å². The summed E-state index contributed by atoms with van der Waals surface area (Å²) in [7, 11) is 0. The molecule has 5 rings (SSSR count). The number of carbonyl (C=O) groups is 2. The van der Waals surface area contributed by atoms with Crippen LogP contribution in [0.25, 0.3) is 0 Å². The number of likely N-dealkylation sites (tertiary alicyclic amines) is 2. The van der Waals surface area contributed by atoms with E-state index >= 15 is 0 Å². The van der Waals surface area contributed by atoms with E-state index in [1.165, 1.54) is 12.1 Å². The van der Waals surface area contributed by atoms with Crippen LogP contribution in [-0.2, 0) is 11.0 Å². The average molecular weight is 504 g/mol. The van der Waals surface area contributed by atoms with E-state index in [1.54, 1.807) is 17.2 Å². The molecule has 0 bridgehead atoms. The number of benzene rings is 1. The summed E-state index contributed by atoms with van der Waals surface area (Å²) in [5.41, 5.74) is 6.68. The fourth-order valence-electron chi connectivity index (χ4n) is 5.71. The van der Waals surface area contributed by atoms with Gasteiger partial charge in [0.1, 0.15) is 0 Å². The third kappa shape index (κ3) is 4.87. The number of rotatable bonds is 6. The Kier molecular flexibility index (Phi) is 6.80. The molecule has 1 saturated carbocycles. The van der Waals surface area contributed by atoms with E-state index in [9.17, 15) is 22.8 Å². The Morgan fingerprint density at radius 2 is 1.67 bits per heavy atom. The molecule has 1 aromatic heterocycles. The third-order valence-electron chi connectivity index (χ3n) is 7.73. The molecule has 1 atom stereocenters. The van der Waals surface area contributed by atoms with Crippen molar-refractivity contribution in [3.05, 3.63) is 52.8 Å². The van der Waals surface area contributed by atoms with Gasteiger partial charge < -0.3 is 15.5 Å². The zero-order valence-electron chi connectivity index (χ0n) is 20.2. The first-order valence-corrected chi connectivity index (χ1v) is 12.8. The summed E-state index contributed by atoms with van der Waals surface area (Å²) in [6.07, 6.45) is 1.61. The van der Waals surface area contributed by atoms with Crippen molar-refractivity contribution in [1.82, 2.24) is 19.6 Å². The Balaban J connectivity index is 1.31. The standard InChI is InChI=1S/C26H32F3N5O2/c27-26(28,29)22-4-2-1-3-20(22)18-8-12-33(16-18)25(36)21-15-31-34(24(21)17-5-6-17)19-9-13-32(14-10-19)23(35)7-11-30/h1-4,15,17-19H,5-14,16,30H2/t18-/m1/s1. The lowest BCUT2D eigenvalue weighted by atomic mass is 9.93. The van der Waals surface area contributed by atoms with Gasteiger partial charge in [0.05, 0.1) is 29.1 Å². The summed E-state index contributed by atoms with van der Waals surface area (Å²) in [4.78, 5) is 29.3. The van der Waals surface area contributed by atoms with E-state index in [-0.39, 0.29) is 41.8 Å². The molecule has 0 radical (unpaired) electrons. The molecular weight excluding hydrogens is 471 g/mol. The minimum absolute atomic E-state index is 0.0744. The van der Waals surface area contributed by atoms with Crippen LogP contribution in [0.5, 0.6) is 0 Å². The largest absolute Gasteiger partial charge is 0.416 e. The number of alkyl halides is 3. The van der Waals surface area contributed by atoms with E-state index < -0.39 is 11.7 Å². The zero-order valence-corrected chi connectivity index (χ0v) is 20.2. The van der Waals surface area contributed by atoms with Crippen LogP contribution in [-0.4, -0.2) is 64.1 Å². The molecule has 36 heavy (non-hydrogen) atoms. The maximum atomic E-state index is 13.6. The summed E-state index contributed by atoms with van der Waals surface area (Å²) in [5.74, 6) is -0.134. The summed E-state index contributed by atoms with van der Waals surface area (Å²) in [5, 5.41) is 4.62. The van der Waals surface area contributed by atoms with E-state index in [0.717, 1.165) is 37.4 Å². The van der Waals surface area contributed by atoms with Gasteiger partial charge in [0.2, 0.25) is 5.91 Å². The molecule has 0 spiro atoms. The first-order chi connectivity index (χ1) is 17.3. The number of halogens is 3. The molecule has 2 N–H and O–H groups in total. The van der Waals surface area contributed by atoms with Crippen LogP contribution in [0.2, 0.25) is 0 Å². The van der Waals surface area contributed by atoms with Gasteiger partial charge in [-0.05, 0) is 43.7 Å². The summed E-state index contributed by atoms with van der Waals surface area (Å²) >= 11 is 0. The lowest BCUT2D eigenvalue weighted by molar-refractivity contribution is -0.138. The van der Waals surface area contributed by atoms with Crippen LogP contribution in [0.4, 0.5) is 13.2 Å². The fourth-order valence-corrected chi connectivity index (χ4v) is 5.71. The highest BCUT2D eigenvalue weighted by atomic mass is 19.4. The summed E-state index contributed by atoms with van der Waals surface area (Å²) < 4.78 is 42.6. The highest BCUT2D eigenvalue weighted by molar-refractivity contribution is 5.95. The number of nitrogens with two attached hydrogens (primary N) is 1. The number of aromatic nitrogens is 2. The van der Waals surface area contributed by atoms with Gasteiger partial charge in [-0.15, -0.1) is 0 Å². The second-order valence-electron chi connectivity index (χ2n) is 10.1. The molecule has 2 aromatic rings. The number of piperidine rings is 1. The maximum Gasteiger partial charge on any atom is 0.416 e. The van der Waals surface area contributed by atoms with Crippen molar-refractivity contribution in [2.24, 2.45) is 5.73 Å². The highest BCUT2D eigenvalue weighted by Gasteiger charge is 2.40. The number of nitrogens with zero attached hydrogens (tertiary/aromatic N) is 4. The minimum Gasteiger partial charge on any atom is -0.343 e. The molecule has 7 nitrogen and oxygen atoms in total. The Morgan fingerprint density at radius 1 is 0.972 bits per heavy atom. The Bertz CT molecular complexity index is 1120. The number of carbonyl (C=O) groups excluding carboxylic acids is 2. The van der Waals surface area contributed by atoms with Crippen LogP contribution < -0.4 is 5.73 Å². The van der Waals surface area contributed by atoms with Crippen LogP contribution in [0.3, 0.4) is 0 Å². The van der Waals surface area contributed by atoms with Gasteiger partial charge >= 0.3 is 6.18 Å². The fraction of sp³-hybridized carbons (Fsp3) is 0.577. The van der Waals surface area contributed by atoms with Gasteiger partial charge in [0, 0.05) is 51.0 Å². The molecule has 10 heteroatoms. The van der Waals surface area contributed by atoms with Crippen molar-refractivity contribution >= 4 is 11.8 Å². The molecule has 2 saturated heterocycles. The maximum absolute atomic E-state index is 13.6. The van der Waals surface area contributed by atoms with E-state index in [2.05, 4.69) is 5.10 Å². The molecule has 1 aromatic carbocycles. The Labute approximate surface area is 208 Å². The smallest absolute Gasteiger partial charge is 0.343 e. The van der Waals surface area contributed by atoms with Crippen molar-refractivity contribution in [3.8, 4) is 0 Å².